The maximum absolute atomic E-state index is 12.8. The van der Waals surface area contributed by atoms with Gasteiger partial charge in [0, 0.05) is 6.54 Å². The van der Waals surface area contributed by atoms with Gasteiger partial charge in [0.2, 0.25) is 0 Å². The quantitative estimate of drug-likeness (QED) is 0.813. The summed E-state index contributed by atoms with van der Waals surface area (Å²) >= 11 is 0. The van der Waals surface area contributed by atoms with Crippen LogP contribution in [0, 0.1) is 0 Å². The Morgan fingerprint density at radius 2 is 1.76 bits per heavy atom. The Balaban J connectivity index is 2.38. The molecule has 0 atom stereocenters. The number of alkyl halides is 3. The summed E-state index contributed by atoms with van der Waals surface area (Å²) in [5.74, 6) is 0. The van der Waals surface area contributed by atoms with Crippen molar-refractivity contribution in [2.75, 3.05) is 6.54 Å². The number of nitrogens with two attached hydrogens (primary N) is 1. The number of halogens is 3. The molecule has 0 unspecified atom stereocenters. The van der Waals surface area contributed by atoms with Crippen LogP contribution >= 0.6 is 0 Å². The van der Waals surface area contributed by atoms with Crippen LogP contribution in [0.1, 0.15) is 44.4 Å². The number of rotatable bonds is 4. The molecule has 1 heterocycles. The Hall–Kier alpha value is -1.35. The zero-order valence-corrected chi connectivity index (χ0v) is 14.8. The maximum atomic E-state index is 12.8. The van der Waals surface area contributed by atoms with Crippen LogP contribution in [-0.2, 0) is 22.1 Å². The van der Waals surface area contributed by atoms with Gasteiger partial charge in [0.15, 0.2) is 0 Å². The first-order chi connectivity index (χ1) is 11.4. The molecule has 8 heteroatoms. The molecule has 3 N–H and O–H groups in total. The molecule has 0 amide bonds. The summed E-state index contributed by atoms with van der Waals surface area (Å²) < 4.78 is 50.3. The lowest BCUT2D eigenvalue weighted by Crippen LogP contribution is -2.41. The number of hydrogen-bond acceptors (Lipinski definition) is 4. The van der Waals surface area contributed by atoms with E-state index in [4.69, 9.17) is 15.0 Å². The Kier molecular flexibility index (Phi) is 5.40. The first-order valence-corrected chi connectivity index (χ1v) is 7.98. The van der Waals surface area contributed by atoms with Crippen LogP contribution in [0.3, 0.4) is 0 Å². The van der Waals surface area contributed by atoms with E-state index < -0.39 is 36.7 Å². The average Bonchev–Trinajstić information content (AvgIpc) is 2.71. The minimum absolute atomic E-state index is 0.114. The second kappa shape index (κ2) is 6.76. The van der Waals surface area contributed by atoms with Gasteiger partial charge in [0.1, 0.15) is 0 Å². The van der Waals surface area contributed by atoms with Gasteiger partial charge in [-0.3, -0.25) is 0 Å². The summed E-state index contributed by atoms with van der Waals surface area (Å²) in [7, 11) is -0.691. The van der Waals surface area contributed by atoms with E-state index in [9.17, 15) is 18.3 Å². The van der Waals surface area contributed by atoms with E-state index in [1.165, 1.54) is 6.07 Å². The molecule has 1 aliphatic rings. The predicted molar refractivity (Wildman–Crippen MR) is 90.5 cm³/mol. The van der Waals surface area contributed by atoms with Crippen molar-refractivity contribution in [1.82, 2.24) is 0 Å². The van der Waals surface area contributed by atoms with E-state index in [-0.39, 0.29) is 12.1 Å². The summed E-state index contributed by atoms with van der Waals surface area (Å²) in [4.78, 5) is 0. The van der Waals surface area contributed by atoms with Crippen molar-refractivity contribution in [3.05, 3.63) is 40.4 Å². The van der Waals surface area contributed by atoms with Crippen LogP contribution < -0.4 is 5.73 Å². The highest BCUT2D eigenvalue weighted by Gasteiger charge is 2.52. The van der Waals surface area contributed by atoms with E-state index in [0.717, 1.165) is 12.1 Å². The number of aliphatic hydroxyl groups excluding tert-OH is 1. The smallest absolute Gasteiger partial charge is 0.400 e. The molecule has 4 nitrogen and oxygen atoms in total. The second-order valence-corrected chi connectivity index (χ2v) is 7.08. The van der Waals surface area contributed by atoms with Crippen LogP contribution in [0.25, 0.3) is 6.08 Å². The Morgan fingerprint density at radius 1 is 1.20 bits per heavy atom. The highest BCUT2D eigenvalue weighted by molar-refractivity contribution is 6.55. The summed E-state index contributed by atoms with van der Waals surface area (Å²) in [6.07, 6.45) is -2.84. The van der Waals surface area contributed by atoms with Crippen LogP contribution in [-0.4, -0.2) is 30.0 Å². The maximum Gasteiger partial charge on any atom is 0.491 e. The summed E-state index contributed by atoms with van der Waals surface area (Å²) in [5.41, 5.74) is 5.10. The Labute approximate surface area is 146 Å². The van der Waals surface area contributed by atoms with E-state index >= 15 is 0 Å². The fraction of sp³-hybridized carbons (Fsp3) is 0.529. The normalized spacial score (nSPS) is 20.2. The largest absolute Gasteiger partial charge is 0.491 e. The monoisotopic (exact) mass is 357 g/mol. The van der Waals surface area contributed by atoms with Crippen molar-refractivity contribution >= 4 is 13.2 Å². The van der Waals surface area contributed by atoms with Crippen molar-refractivity contribution in [3.63, 3.8) is 0 Å². The van der Waals surface area contributed by atoms with Gasteiger partial charge in [-0.25, -0.2) is 0 Å². The third-order valence-electron chi connectivity index (χ3n) is 4.77. The topological polar surface area (TPSA) is 64.7 Å². The van der Waals surface area contributed by atoms with Gasteiger partial charge < -0.3 is 20.1 Å². The fourth-order valence-electron chi connectivity index (χ4n) is 2.48. The van der Waals surface area contributed by atoms with E-state index in [1.54, 1.807) is 6.08 Å². The van der Waals surface area contributed by atoms with Crippen molar-refractivity contribution in [2.45, 2.75) is 51.7 Å². The van der Waals surface area contributed by atoms with Crippen molar-refractivity contribution in [1.29, 1.82) is 0 Å². The Bertz CT molecular complexity index is 656. The van der Waals surface area contributed by atoms with Gasteiger partial charge in [-0.05, 0) is 56.4 Å². The van der Waals surface area contributed by atoms with Crippen LogP contribution in [0.4, 0.5) is 13.2 Å². The van der Waals surface area contributed by atoms with Gasteiger partial charge in [0.05, 0.1) is 23.4 Å². The number of aliphatic hydroxyl groups is 1. The molecule has 1 fully saturated rings. The number of hydrogen-bond donors (Lipinski definition) is 2. The standard InChI is InChI=1S/C17H23BF3NO3/c1-15(2)16(3,4)25-18(24-15)14(9-22)8-11-5-6-13(17(19,20)21)7-12(11)10-23/h5-8,23H,9-10,22H2,1-4H3. The van der Waals surface area contributed by atoms with E-state index in [1.807, 2.05) is 27.7 Å². The lowest BCUT2D eigenvalue weighted by molar-refractivity contribution is -0.137. The molecule has 1 saturated heterocycles. The van der Waals surface area contributed by atoms with Crippen LogP contribution in [0.2, 0.25) is 0 Å². The second-order valence-electron chi connectivity index (χ2n) is 7.08. The summed E-state index contributed by atoms with van der Waals surface area (Å²) in [6.45, 7) is 7.20. The predicted octanol–water partition coefficient (Wildman–Crippen LogP) is 3.17. The molecular formula is C17H23BF3NO3. The van der Waals surface area contributed by atoms with Crippen LogP contribution in [0.15, 0.2) is 23.7 Å². The molecule has 1 aliphatic heterocycles. The summed E-state index contributed by atoms with van der Waals surface area (Å²) in [5, 5.41) is 9.44. The van der Waals surface area contributed by atoms with E-state index in [0.29, 0.717) is 11.0 Å². The lowest BCUT2D eigenvalue weighted by Gasteiger charge is -2.32. The van der Waals surface area contributed by atoms with Gasteiger partial charge in [-0.1, -0.05) is 12.1 Å². The molecule has 0 bridgehead atoms. The number of benzene rings is 1. The molecule has 0 saturated carbocycles. The molecular weight excluding hydrogens is 334 g/mol. The first kappa shape index (κ1) is 20.0. The molecule has 1 aromatic rings. The highest BCUT2D eigenvalue weighted by Crippen LogP contribution is 2.39. The van der Waals surface area contributed by atoms with Gasteiger partial charge in [0.25, 0.3) is 0 Å². The van der Waals surface area contributed by atoms with Crippen molar-refractivity contribution in [2.24, 2.45) is 5.73 Å². The zero-order valence-electron chi connectivity index (χ0n) is 14.8. The molecule has 25 heavy (non-hydrogen) atoms. The van der Waals surface area contributed by atoms with Gasteiger partial charge in [-0.15, -0.1) is 0 Å². The molecule has 0 aliphatic carbocycles. The Morgan fingerprint density at radius 3 is 2.20 bits per heavy atom. The average molecular weight is 357 g/mol. The van der Waals surface area contributed by atoms with Gasteiger partial charge >= 0.3 is 13.3 Å². The molecule has 0 aromatic heterocycles. The minimum atomic E-state index is -4.46. The zero-order chi connectivity index (χ0) is 19.0. The van der Waals surface area contributed by atoms with E-state index in [2.05, 4.69) is 0 Å². The third-order valence-corrected chi connectivity index (χ3v) is 4.77. The molecule has 1 aromatic carbocycles. The van der Waals surface area contributed by atoms with Crippen molar-refractivity contribution in [3.8, 4) is 0 Å². The highest BCUT2D eigenvalue weighted by atomic mass is 19.4. The minimum Gasteiger partial charge on any atom is -0.400 e. The van der Waals surface area contributed by atoms with Crippen LogP contribution in [0.5, 0.6) is 0 Å². The fourth-order valence-corrected chi connectivity index (χ4v) is 2.48. The first-order valence-electron chi connectivity index (χ1n) is 7.98. The summed E-state index contributed by atoms with van der Waals surface area (Å²) in [6, 6.07) is 3.23. The SMILES string of the molecule is CC1(C)OB(C(=Cc2ccc(C(F)(F)F)cc2CO)CN)OC1(C)C. The molecule has 2 rings (SSSR count). The molecule has 0 radical (unpaired) electrons. The molecule has 0 spiro atoms. The third kappa shape index (κ3) is 4.08. The lowest BCUT2D eigenvalue weighted by atomic mass is 9.76. The van der Waals surface area contributed by atoms with Gasteiger partial charge in [-0.2, -0.15) is 13.2 Å². The molecule has 138 valence electrons. The van der Waals surface area contributed by atoms with Crippen molar-refractivity contribution < 1.29 is 27.6 Å².